The highest BCUT2D eigenvalue weighted by Crippen LogP contribution is 2.34. The van der Waals surface area contributed by atoms with Crippen LogP contribution in [0.5, 0.6) is 0 Å². The Morgan fingerprint density at radius 2 is 1.55 bits per heavy atom. The molecular weight excluding hydrogens is 189 g/mol. The van der Waals surface area contributed by atoms with E-state index < -0.39 is 21.2 Å². The van der Waals surface area contributed by atoms with Crippen LogP contribution < -0.4 is 0 Å². The smallest absolute Gasteiger partial charge is 0.356 e. The Morgan fingerprint density at radius 1 is 1.27 bits per heavy atom. The van der Waals surface area contributed by atoms with Crippen molar-refractivity contribution in [3.63, 3.8) is 0 Å². The van der Waals surface area contributed by atoms with Crippen molar-refractivity contribution in [1.82, 2.24) is 0 Å². The summed E-state index contributed by atoms with van der Waals surface area (Å²) >= 11 is 0. The summed E-state index contributed by atoms with van der Waals surface area (Å²) in [7, 11) is -5.92. The highest BCUT2D eigenvalue weighted by Gasteiger charge is 2.60. The SMILES string of the molecule is CC(O)(F)C(F)(F)S(=O)(=O)O. The first-order chi connectivity index (χ1) is 4.50. The zero-order valence-corrected chi connectivity index (χ0v) is 6.07. The molecule has 0 radical (unpaired) electrons. The molecule has 2 N–H and O–H groups in total. The Kier molecular flexibility index (Phi) is 2.25. The van der Waals surface area contributed by atoms with Crippen LogP contribution in [0.15, 0.2) is 0 Å². The molecule has 4 nitrogen and oxygen atoms in total. The molecule has 1 unspecified atom stereocenters. The molecule has 8 heteroatoms. The summed E-state index contributed by atoms with van der Waals surface area (Å²) in [5.41, 5.74) is 0. The molecule has 11 heavy (non-hydrogen) atoms. The molecule has 0 aliphatic carbocycles. The topological polar surface area (TPSA) is 74.6 Å². The van der Waals surface area contributed by atoms with Crippen LogP contribution in [0, 0.1) is 0 Å². The third kappa shape index (κ3) is 1.82. The van der Waals surface area contributed by atoms with Crippen LogP contribution >= 0.6 is 0 Å². The minimum Gasteiger partial charge on any atom is -0.356 e. The van der Waals surface area contributed by atoms with Gasteiger partial charge in [-0.15, -0.1) is 0 Å². The number of hydrogen-bond acceptors (Lipinski definition) is 3. The molecule has 0 rings (SSSR count). The number of halogens is 3. The molecule has 0 aromatic rings. The number of alkyl halides is 3. The Bertz CT molecular complexity index is 238. The molecule has 1 atom stereocenters. The van der Waals surface area contributed by atoms with Crippen molar-refractivity contribution in [2.45, 2.75) is 18.0 Å². The molecule has 0 fully saturated rings. The molecule has 0 aliphatic heterocycles. The largest absolute Gasteiger partial charge is 0.426 e. The van der Waals surface area contributed by atoms with Crippen LogP contribution in [-0.4, -0.2) is 29.2 Å². The van der Waals surface area contributed by atoms with Gasteiger partial charge in [-0.05, 0) is 0 Å². The van der Waals surface area contributed by atoms with E-state index in [9.17, 15) is 21.6 Å². The number of rotatable bonds is 2. The average Bonchev–Trinajstić information content (AvgIpc) is 1.58. The summed E-state index contributed by atoms with van der Waals surface area (Å²) < 4.78 is 63.0. The lowest BCUT2D eigenvalue weighted by Crippen LogP contribution is -2.47. The van der Waals surface area contributed by atoms with Gasteiger partial charge < -0.3 is 5.11 Å². The maximum atomic E-state index is 12.0. The van der Waals surface area contributed by atoms with Crippen LogP contribution in [0.4, 0.5) is 13.2 Å². The summed E-state index contributed by atoms with van der Waals surface area (Å²) in [5.74, 6) is -4.29. The van der Waals surface area contributed by atoms with Crippen molar-refractivity contribution in [1.29, 1.82) is 0 Å². The van der Waals surface area contributed by atoms with Gasteiger partial charge in [0.15, 0.2) is 0 Å². The number of hydrogen-bond donors (Lipinski definition) is 2. The molecule has 0 saturated heterocycles. The van der Waals surface area contributed by atoms with Crippen molar-refractivity contribution < 1.29 is 31.2 Å². The van der Waals surface area contributed by atoms with E-state index in [4.69, 9.17) is 9.66 Å². The quantitative estimate of drug-likeness (QED) is 0.613. The average molecular weight is 194 g/mol. The van der Waals surface area contributed by atoms with Gasteiger partial charge in [0, 0.05) is 6.92 Å². The fraction of sp³-hybridized carbons (Fsp3) is 1.00. The lowest BCUT2D eigenvalue weighted by molar-refractivity contribution is -0.198. The molecule has 0 aromatic heterocycles. The van der Waals surface area contributed by atoms with Crippen molar-refractivity contribution in [2.75, 3.05) is 0 Å². The van der Waals surface area contributed by atoms with E-state index in [1.54, 1.807) is 0 Å². The van der Waals surface area contributed by atoms with E-state index in [1.165, 1.54) is 0 Å². The highest BCUT2D eigenvalue weighted by atomic mass is 32.2. The van der Waals surface area contributed by atoms with Gasteiger partial charge in [0.2, 0.25) is 0 Å². The standard InChI is InChI=1S/C3H5F3O4S/c1-2(4,7)3(5,6)11(8,9)10/h7H,1H3,(H,8,9,10). The monoisotopic (exact) mass is 194 g/mol. The third-order valence-corrected chi connectivity index (χ3v) is 1.88. The summed E-state index contributed by atoms with van der Waals surface area (Å²) in [6.07, 6.45) is 0. The second-order valence-corrected chi connectivity index (χ2v) is 3.41. The maximum Gasteiger partial charge on any atom is 0.426 e. The van der Waals surface area contributed by atoms with Gasteiger partial charge in [0.1, 0.15) is 0 Å². The molecule has 0 heterocycles. The van der Waals surface area contributed by atoms with E-state index in [-0.39, 0.29) is 6.92 Å². The van der Waals surface area contributed by atoms with Gasteiger partial charge in [-0.3, -0.25) is 4.55 Å². The van der Waals surface area contributed by atoms with E-state index >= 15 is 0 Å². The minimum absolute atomic E-state index is 0.0826. The van der Waals surface area contributed by atoms with Gasteiger partial charge in [-0.1, -0.05) is 0 Å². The molecule has 0 bridgehead atoms. The van der Waals surface area contributed by atoms with E-state index in [2.05, 4.69) is 0 Å². The Labute approximate surface area is 60.4 Å². The molecule has 0 aromatic carbocycles. The van der Waals surface area contributed by atoms with Crippen LogP contribution in [0.1, 0.15) is 6.92 Å². The van der Waals surface area contributed by atoms with Crippen molar-refractivity contribution in [2.24, 2.45) is 0 Å². The van der Waals surface area contributed by atoms with Gasteiger partial charge in [-0.2, -0.15) is 17.2 Å². The van der Waals surface area contributed by atoms with E-state index in [0.29, 0.717) is 0 Å². The summed E-state index contributed by atoms with van der Waals surface area (Å²) in [5, 5.41) is 2.72. The highest BCUT2D eigenvalue weighted by molar-refractivity contribution is 7.87. The fourth-order valence-corrected chi connectivity index (χ4v) is 0.706. The first kappa shape index (κ1) is 10.7. The summed E-state index contributed by atoms with van der Waals surface area (Å²) in [6.45, 7) is -0.0826. The van der Waals surface area contributed by atoms with Crippen molar-refractivity contribution in [3.8, 4) is 0 Å². The Hall–Kier alpha value is -0.340. The maximum absolute atomic E-state index is 12.0. The van der Waals surface area contributed by atoms with E-state index in [0.717, 1.165) is 0 Å². The predicted molar refractivity (Wildman–Crippen MR) is 28.2 cm³/mol. The van der Waals surface area contributed by atoms with Gasteiger partial charge in [-0.25, -0.2) is 4.39 Å². The molecule has 0 saturated carbocycles. The summed E-state index contributed by atoms with van der Waals surface area (Å²) in [4.78, 5) is 0. The van der Waals surface area contributed by atoms with Crippen LogP contribution in [0.25, 0.3) is 0 Å². The zero-order valence-electron chi connectivity index (χ0n) is 5.25. The molecule has 0 amide bonds. The lowest BCUT2D eigenvalue weighted by Gasteiger charge is -2.21. The first-order valence-corrected chi connectivity index (χ1v) is 3.70. The molecule has 0 spiro atoms. The fourth-order valence-electron chi connectivity index (χ4n) is 0.235. The molecule has 0 aliphatic rings. The third-order valence-electron chi connectivity index (χ3n) is 0.855. The predicted octanol–water partition coefficient (Wildman–Crippen LogP) is 0.145. The Morgan fingerprint density at radius 3 is 1.55 bits per heavy atom. The zero-order chi connectivity index (χ0) is 9.50. The van der Waals surface area contributed by atoms with Crippen molar-refractivity contribution >= 4 is 10.1 Å². The van der Waals surface area contributed by atoms with E-state index in [1.807, 2.05) is 0 Å². The van der Waals surface area contributed by atoms with Gasteiger partial charge in [0.25, 0.3) is 5.85 Å². The second kappa shape index (κ2) is 2.32. The van der Waals surface area contributed by atoms with Gasteiger partial charge >= 0.3 is 15.4 Å². The lowest BCUT2D eigenvalue weighted by atomic mass is 10.4. The van der Waals surface area contributed by atoms with Crippen LogP contribution in [-0.2, 0) is 10.1 Å². The molecular formula is C3H5F3O4S. The van der Waals surface area contributed by atoms with Crippen molar-refractivity contribution in [3.05, 3.63) is 0 Å². The first-order valence-electron chi connectivity index (χ1n) is 2.26. The van der Waals surface area contributed by atoms with Gasteiger partial charge in [0.05, 0.1) is 0 Å². The van der Waals surface area contributed by atoms with Crippen LogP contribution in [0.2, 0.25) is 0 Å². The second-order valence-electron chi connectivity index (χ2n) is 1.95. The Balaban J connectivity index is 5.08. The number of aliphatic hydroxyl groups is 1. The summed E-state index contributed by atoms with van der Waals surface area (Å²) in [6, 6.07) is 0. The molecule has 68 valence electrons. The van der Waals surface area contributed by atoms with Crippen LogP contribution in [0.3, 0.4) is 0 Å². The normalized spacial score (nSPS) is 19.5. The minimum atomic E-state index is -5.92.